The minimum Gasteiger partial charge on any atom is -0.293 e. The van der Waals surface area contributed by atoms with E-state index in [2.05, 4.69) is 15.9 Å². The van der Waals surface area contributed by atoms with Crippen LogP contribution in [-0.2, 0) is 9.84 Å². The van der Waals surface area contributed by atoms with E-state index in [1.807, 2.05) is 0 Å². The van der Waals surface area contributed by atoms with Gasteiger partial charge in [0.2, 0.25) is 0 Å². The number of benzene rings is 1. The minimum atomic E-state index is -3.27. The summed E-state index contributed by atoms with van der Waals surface area (Å²) < 4.78 is 23.6. The molecule has 0 unspecified atom stereocenters. The third-order valence-electron chi connectivity index (χ3n) is 2.04. The molecule has 5 heteroatoms. The van der Waals surface area contributed by atoms with Gasteiger partial charge in [0.25, 0.3) is 0 Å². The van der Waals surface area contributed by atoms with Gasteiger partial charge in [-0.3, -0.25) is 4.79 Å². The van der Waals surface area contributed by atoms with Crippen molar-refractivity contribution in [2.45, 2.75) is 13.3 Å². The van der Waals surface area contributed by atoms with Crippen molar-refractivity contribution in [2.75, 3.05) is 11.5 Å². The number of hydrogen-bond donors (Lipinski definition) is 0. The van der Waals surface area contributed by atoms with Crippen LogP contribution in [0.5, 0.6) is 0 Å². The normalized spacial score (nSPS) is 11.4. The van der Waals surface area contributed by atoms with Gasteiger partial charge in [-0.15, -0.1) is 0 Å². The lowest BCUT2D eigenvalue weighted by Gasteiger charge is -2.04. The van der Waals surface area contributed by atoms with Crippen molar-refractivity contribution in [1.82, 2.24) is 0 Å². The van der Waals surface area contributed by atoms with E-state index < -0.39 is 15.6 Å². The molecule has 0 aliphatic carbocycles. The van der Waals surface area contributed by atoms with Crippen molar-refractivity contribution in [3.63, 3.8) is 0 Å². The van der Waals surface area contributed by atoms with Gasteiger partial charge >= 0.3 is 0 Å². The molecule has 1 aromatic rings. The van der Waals surface area contributed by atoms with Crippen molar-refractivity contribution in [3.8, 4) is 0 Å². The molecule has 0 atom stereocenters. The largest absolute Gasteiger partial charge is 0.293 e. The predicted octanol–water partition coefficient (Wildman–Crippen LogP) is 2.46. The van der Waals surface area contributed by atoms with Crippen molar-refractivity contribution in [2.24, 2.45) is 0 Å². The van der Waals surface area contributed by atoms with Crippen LogP contribution in [0.15, 0.2) is 28.7 Å². The van der Waals surface area contributed by atoms with Crippen LogP contribution in [0.3, 0.4) is 0 Å². The quantitative estimate of drug-likeness (QED) is 0.785. The van der Waals surface area contributed by atoms with E-state index in [-0.39, 0.29) is 11.5 Å². The third kappa shape index (κ3) is 3.72. The van der Waals surface area contributed by atoms with Crippen molar-refractivity contribution < 1.29 is 13.2 Å². The van der Waals surface area contributed by atoms with E-state index in [9.17, 15) is 13.2 Å². The summed E-state index contributed by atoms with van der Waals surface area (Å²) in [4.78, 5) is 11.7. The molecule has 0 radical (unpaired) electrons. The molecule has 0 N–H and O–H groups in total. The van der Waals surface area contributed by atoms with E-state index in [1.165, 1.54) is 0 Å². The number of sulfone groups is 1. The lowest BCUT2D eigenvalue weighted by Crippen LogP contribution is -2.19. The summed E-state index contributed by atoms with van der Waals surface area (Å²) >= 11 is 3.23. The molecule has 1 rings (SSSR count). The Balaban J connectivity index is 2.85. The standard InChI is InChI=1S/C11H13BrO3S/c1-2-7-16(14,15)8-11(13)9-5-3-4-6-10(9)12/h3-6H,2,7-8H2,1H3. The first-order valence-corrected chi connectivity index (χ1v) is 7.56. The number of Topliss-reactive ketones (excluding diaryl/α,β-unsaturated/α-hetero) is 1. The summed E-state index contributed by atoms with van der Waals surface area (Å²) in [5.74, 6) is -0.715. The number of carbonyl (C=O) groups is 1. The fraction of sp³-hybridized carbons (Fsp3) is 0.364. The van der Waals surface area contributed by atoms with Crippen LogP contribution >= 0.6 is 15.9 Å². The molecule has 0 amide bonds. The number of halogens is 1. The Labute approximate surface area is 104 Å². The number of rotatable bonds is 5. The summed E-state index contributed by atoms with van der Waals surface area (Å²) in [5, 5.41) is 0. The predicted molar refractivity (Wildman–Crippen MR) is 67.4 cm³/mol. The summed E-state index contributed by atoms with van der Waals surface area (Å²) in [7, 11) is -3.27. The van der Waals surface area contributed by atoms with E-state index >= 15 is 0 Å². The van der Waals surface area contributed by atoms with Crippen LogP contribution in [0.4, 0.5) is 0 Å². The lowest BCUT2D eigenvalue weighted by atomic mass is 10.1. The van der Waals surface area contributed by atoms with Gasteiger partial charge in [-0.2, -0.15) is 0 Å². The maximum atomic E-state index is 11.7. The molecule has 0 saturated heterocycles. The first kappa shape index (κ1) is 13.4. The molecule has 0 bridgehead atoms. The Kier molecular flexibility index (Phi) is 4.68. The van der Waals surface area contributed by atoms with Crippen LogP contribution < -0.4 is 0 Å². The van der Waals surface area contributed by atoms with Crippen molar-refractivity contribution in [1.29, 1.82) is 0 Å². The zero-order valence-electron chi connectivity index (χ0n) is 8.94. The van der Waals surface area contributed by atoms with Gasteiger partial charge in [-0.05, 0) is 12.5 Å². The molecule has 0 aromatic heterocycles. The van der Waals surface area contributed by atoms with Crippen LogP contribution in [0.2, 0.25) is 0 Å². The Hall–Kier alpha value is -0.680. The van der Waals surface area contributed by atoms with E-state index in [0.29, 0.717) is 16.5 Å². The Bertz CT molecular complexity index is 480. The van der Waals surface area contributed by atoms with Crippen LogP contribution in [-0.4, -0.2) is 25.7 Å². The highest BCUT2D eigenvalue weighted by Gasteiger charge is 2.18. The molecule has 3 nitrogen and oxygen atoms in total. The van der Waals surface area contributed by atoms with E-state index in [0.717, 1.165) is 0 Å². The molecule has 16 heavy (non-hydrogen) atoms. The second-order valence-electron chi connectivity index (χ2n) is 3.50. The molecule has 0 aliphatic rings. The SMILES string of the molecule is CCCS(=O)(=O)CC(=O)c1ccccc1Br. The van der Waals surface area contributed by atoms with Crippen molar-refractivity contribution in [3.05, 3.63) is 34.3 Å². The van der Waals surface area contributed by atoms with Gasteiger partial charge in [-0.25, -0.2) is 8.42 Å². The second-order valence-corrected chi connectivity index (χ2v) is 6.53. The van der Waals surface area contributed by atoms with Crippen LogP contribution in [0.1, 0.15) is 23.7 Å². The Morgan fingerprint density at radius 2 is 1.94 bits per heavy atom. The Morgan fingerprint density at radius 3 is 2.50 bits per heavy atom. The maximum absolute atomic E-state index is 11.7. The van der Waals surface area contributed by atoms with Gasteiger partial charge in [0, 0.05) is 10.0 Å². The molecular formula is C11H13BrO3S. The first-order valence-electron chi connectivity index (χ1n) is 4.94. The van der Waals surface area contributed by atoms with Gasteiger partial charge in [-0.1, -0.05) is 41.1 Å². The molecule has 0 saturated carbocycles. The highest BCUT2D eigenvalue weighted by atomic mass is 79.9. The van der Waals surface area contributed by atoms with Gasteiger partial charge in [0.05, 0.1) is 5.75 Å². The minimum absolute atomic E-state index is 0.0587. The van der Waals surface area contributed by atoms with Gasteiger partial charge in [0.15, 0.2) is 15.6 Å². The zero-order valence-corrected chi connectivity index (χ0v) is 11.3. The summed E-state index contributed by atoms with van der Waals surface area (Å²) in [5.41, 5.74) is 0.419. The second kappa shape index (κ2) is 5.59. The molecule has 0 spiro atoms. The molecular weight excluding hydrogens is 292 g/mol. The van der Waals surface area contributed by atoms with Gasteiger partial charge < -0.3 is 0 Å². The van der Waals surface area contributed by atoms with Crippen molar-refractivity contribution >= 4 is 31.6 Å². The highest BCUT2D eigenvalue weighted by Crippen LogP contribution is 2.17. The molecule has 0 heterocycles. The van der Waals surface area contributed by atoms with Crippen LogP contribution in [0.25, 0.3) is 0 Å². The maximum Gasteiger partial charge on any atom is 0.178 e. The fourth-order valence-corrected chi connectivity index (χ4v) is 3.18. The smallest absolute Gasteiger partial charge is 0.178 e. The summed E-state index contributed by atoms with van der Waals surface area (Å²) in [6.07, 6.45) is 0.533. The summed E-state index contributed by atoms with van der Waals surface area (Å²) in [6.45, 7) is 1.78. The molecule has 0 aliphatic heterocycles. The van der Waals surface area contributed by atoms with Crippen LogP contribution in [0, 0.1) is 0 Å². The highest BCUT2D eigenvalue weighted by molar-refractivity contribution is 9.10. The lowest BCUT2D eigenvalue weighted by molar-refractivity contribution is 0.102. The summed E-state index contributed by atoms with van der Waals surface area (Å²) in [6, 6.07) is 6.83. The average Bonchev–Trinajstić information content (AvgIpc) is 2.17. The number of hydrogen-bond acceptors (Lipinski definition) is 3. The molecule has 0 fully saturated rings. The first-order chi connectivity index (χ1) is 7.46. The van der Waals surface area contributed by atoms with Gasteiger partial charge in [0.1, 0.15) is 5.75 Å². The average molecular weight is 305 g/mol. The third-order valence-corrected chi connectivity index (χ3v) is 4.46. The molecule has 88 valence electrons. The zero-order chi connectivity index (χ0) is 12.2. The number of ketones is 1. The van der Waals surface area contributed by atoms with E-state index in [1.54, 1.807) is 31.2 Å². The van der Waals surface area contributed by atoms with E-state index in [4.69, 9.17) is 0 Å². The Morgan fingerprint density at radius 1 is 1.31 bits per heavy atom. The topological polar surface area (TPSA) is 51.2 Å². The monoisotopic (exact) mass is 304 g/mol. The number of carbonyl (C=O) groups excluding carboxylic acids is 1. The molecule has 1 aromatic carbocycles. The fourth-order valence-electron chi connectivity index (χ4n) is 1.35.